The molecule has 0 aliphatic heterocycles. The molecule has 4 nitrogen and oxygen atoms in total. The van der Waals surface area contributed by atoms with Crippen LogP contribution in [-0.4, -0.2) is 21.0 Å². The first-order chi connectivity index (χ1) is 13.0. The lowest BCUT2D eigenvalue weighted by molar-refractivity contribution is 0.0934. The van der Waals surface area contributed by atoms with Crippen molar-refractivity contribution in [1.82, 2.24) is 10.6 Å². The summed E-state index contributed by atoms with van der Waals surface area (Å²) in [6.45, 7) is 0. The molecule has 0 fully saturated rings. The molecule has 2 aromatic rings. The van der Waals surface area contributed by atoms with Gasteiger partial charge in [0.2, 0.25) is 3.79 Å². The van der Waals surface area contributed by atoms with E-state index < -0.39 is 15.9 Å². The second-order valence-electron chi connectivity index (χ2n) is 5.30. The van der Waals surface area contributed by atoms with Gasteiger partial charge in [0.15, 0.2) is 5.11 Å². The highest BCUT2D eigenvalue weighted by atomic mass is 35.6. The Morgan fingerprint density at radius 3 is 2.14 bits per heavy atom. The minimum Gasteiger partial charge on any atom is -0.339 e. The lowest BCUT2D eigenvalue weighted by atomic mass is 10.2. The highest BCUT2D eigenvalue weighted by molar-refractivity contribution is 7.80. The summed E-state index contributed by atoms with van der Waals surface area (Å²) >= 11 is 46.8. The van der Waals surface area contributed by atoms with E-state index >= 15 is 0 Å². The minimum absolute atomic E-state index is 0.0669. The third-order valence-corrected chi connectivity index (χ3v) is 5.39. The molecule has 0 aliphatic rings. The van der Waals surface area contributed by atoms with Crippen molar-refractivity contribution in [3.63, 3.8) is 0 Å². The van der Waals surface area contributed by atoms with Gasteiger partial charge in [-0.1, -0.05) is 81.2 Å². The van der Waals surface area contributed by atoms with Crippen LogP contribution in [0, 0.1) is 0 Å². The number of benzene rings is 2. The highest BCUT2D eigenvalue weighted by Gasteiger charge is 2.35. The lowest BCUT2D eigenvalue weighted by Crippen LogP contribution is -2.56. The van der Waals surface area contributed by atoms with Crippen LogP contribution >= 0.6 is 93.4 Å². The van der Waals surface area contributed by atoms with Gasteiger partial charge in [-0.2, -0.15) is 0 Å². The van der Waals surface area contributed by atoms with Gasteiger partial charge in [-0.3, -0.25) is 4.79 Å². The van der Waals surface area contributed by atoms with Crippen LogP contribution in [0.1, 0.15) is 10.4 Å². The van der Waals surface area contributed by atoms with E-state index in [2.05, 4.69) is 16.0 Å². The standard InChI is InChI=1S/C16H10Cl7N3OS/c17-7-1-3-9(11(19)5-7)13(27)25-14(16(21,22)23)26-15(28)24-8-2-4-10(18)12(20)6-8/h1-6,14H,(H,25,27)(H2,24,26,28). The van der Waals surface area contributed by atoms with E-state index in [1.807, 2.05) is 0 Å². The molecule has 0 aromatic heterocycles. The summed E-state index contributed by atoms with van der Waals surface area (Å²) in [5, 5.41) is 9.40. The van der Waals surface area contributed by atoms with Gasteiger partial charge in [0.1, 0.15) is 6.17 Å². The minimum atomic E-state index is -1.93. The third kappa shape index (κ3) is 6.85. The maximum Gasteiger partial charge on any atom is 0.254 e. The molecule has 0 radical (unpaired) electrons. The Morgan fingerprint density at radius 2 is 1.57 bits per heavy atom. The SMILES string of the molecule is O=C(NC(NC(=S)Nc1ccc(Cl)c(Cl)c1)C(Cl)(Cl)Cl)c1ccc(Cl)cc1Cl. The normalized spacial score (nSPS) is 12.2. The van der Waals surface area contributed by atoms with Gasteiger partial charge in [0, 0.05) is 10.7 Å². The quantitative estimate of drug-likeness (QED) is 0.229. The van der Waals surface area contributed by atoms with Crippen LogP contribution in [0.4, 0.5) is 5.69 Å². The Morgan fingerprint density at radius 1 is 0.893 bits per heavy atom. The number of carbonyl (C=O) groups excluding carboxylic acids is 1. The Hall–Kier alpha value is -0.370. The van der Waals surface area contributed by atoms with Crippen molar-refractivity contribution in [2.75, 3.05) is 5.32 Å². The van der Waals surface area contributed by atoms with Gasteiger partial charge in [-0.25, -0.2) is 0 Å². The smallest absolute Gasteiger partial charge is 0.254 e. The fraction of sp³-hybridized carbons (Fsp3) is 0.125. The summed E-state index contributed by atoms with van der Waals surface area (Å²) in [6.07, 6.45) is -1.18. The maximum atomic E-state index is 12.5. The number of amides is 1. The lowest BCUT2D eigenvalue weighted by Gasteiger charge is -2.28. The molecular weight excluding hydrogens is 530 g/mol. The molecule has 1 atom stereocenters. The molecule has 0 saturated heterocycles. The average Bonchev–Trinajstić information content (AvgIpc) is 2.56. The molecule has 0 saturated carbocycles. The van der Waals surface area contributed by atoms with Crippen LogP contribution in [0.5, 0.6) is 0 Å². The van der Waals surface area contributed by atoms with Crippen molar-refractivity contribution in [2.24, 2.45) is 0 Å². The van der Waals surface area contributed by atoms with Crippen molar-refractivity contribution in [2.45, 2.75) is 9.96 Å². The van der Waals surface area contributed by atoms with Crippen molar-refractivity contribution in [3.8, 4) is 0 Å². The molecule has 0 aliphatic carbocycles. The van der Waals surface area contributed by atoms with E-state index in [4.69, 9.17) is 93.4 Å². The number of anilines is 1. The Labute approximate surface area is 201 Å². The van der Waals surface area contributed by atoms with Gasteiger partial charge in [0.25, 0.3) is 5.91 Å². The van der Waals surface area contributed by atoms with Crippen molar-refractivity contribution in [3.05, 3.63) is 62.1 Å². The number of hydrogen-bond donors (Lipinski definition) is 3. The summed E-state index contributed by atoms with van der Waals surface area (Å²) in [6, 6.07) is 9.18. The molecule has 2 aromatic carbocycles. The number of thiocarbonyl (C=S) groups is 1. The zero-order chi connectivity index (χ0) is 21.1. The number of carbonyl (C=O) groups is 1. The van der Waals surface area contributed by atoms with Crippen LogP contribution in [0.3, 0.4) is 0 Å². The summed E-state index contributed by atoms with van der Waals surface area (Å²) in [7, 11) is 0. The maximum absolute atomic E-state index is 12.5. The van der Waals surface area contributed by atoms with E-state index in [-0.39, 0.29) is 15.7 Å². The zero-order valence-corrected chi connectivity index (χ0v) is 19.6. The van der Waals surface area contributed by atoms with Crippen molar-refractivity contribution in [1.29, 1.82) is 0 Å². The van der Waals surface area contributed by atoms with Gasteiger partial charge < -0.3 is 16.0 Å². The molecule has 0 heterocycles. The largest absolute Gasteiger partial charge is 0.339 e. The Kier molecular flexibility index (Phi) is 8.62. The predicted molar refractivity (Wildman–Crippen MR) is 124 cm³/mol. The molecule has 1 unspecified atom stereocenters. The number of nitrogens with one attached hydrogen (secondary N) is 3. The van der Waals surface area contributed by atoms with Gasteiger partial charge >= 0.3 is 0 Å². The average molecular weight is 541 g/mol. The second-order valence-corrected chi connectivity index (χ2v) is 9.73. The Bertz CT molecular complexity index is 904. The number of hydrogen-bond acceptors (Lipinski definition) is 2. The van der Waals surface area contributed by atoms with Crippen LogP contribution < -0.4 is 16.0 Å². The molecule has 3 N–H and O–H groups in total. The van der Waals surface area contributed by atoms with Gasteiger partial charge in [0.05, 0.1) is 20.6 Å². The summed E-state index contributed by atoms with van der Waals surface area (Å²) in [5.41, 5.74) is 0.692. The number of alkyl halides is 3. The fourth-order valence-electron chi connectivity index (χ4n) is 1.95. The number of rotatable bonds is 4. The van der Waals surface area contributed by atoms with Crippen LogP contribution in [0.2, 0.25) is 20.1 Å². The fourth-order valence-corrected chi connectivity index (χ4v) is 3.31. The molecule has 1 amide bonds. The summed E-state index contributed by atoms with van der Waals surface area (Å²) < 4.78 is -1.93. The van der Waals surface area contributed by atoms with Gasteiger partial charge in [-0.05, 0) is 48.6 Å². The van der Waals surface area contributed by atoms with E-state index in [1.165, 1.54) is 18.2 Å². The molecule has 2 rings (SSSR count). The van der Waals surface area contributed by atoms with Crippen LogP contribution in [-0.2, 0) is 0 Å². The van der Waals surface area contributed by atoms with Crippen molar-refractivity contribution >= 4 is 110 Å². The molecule has 0 bridgehead atoms. The highest BCUT2D eigenvalue weighted by Crippen LogP contribution is 2.30. The topological polar surface area (TPSA) is 53.2 Å². The summed E-state index contributed by atoms with van der Waals surface area (Å²) in [5.74, 6) is -0.595. The van der Waals surface area contributed by atoms with E-state index in [9.17, 15) is 4.79 Å². The van der Waals surface area contributed by atoms with Crippen molar-refractivity contribution < 1.29 is 4.79 Å². The summed E-state index contributed by atoms with van der Waals surface area (Å²) in [4.78, 5) is 12.5. The first kappa shape index (κ1) is 23.9. The molecular formula is C16H10Cl7N3OS. The first-order valence-electron chi connectivity index (χ1n) is 7.32. The monoisotopic (exact) mass is 537 g/mol. The molecule has 12 heteroatoms. The molecule has 150 valence electrons. The van der Waals surface area contributed by atoms with Gasteiger partial charge in [-0.15, -0.1) is 0 Å². The molecule has 0 spiro atoms. The zero-order valence-electron chi connectivity index (χ0n) is 13.5. The van der Waals surface area contributed by atoms with E-state index in [0.717, 1.165) is 0 Å². The van der Waals surface area contributed by atoms with Crippen LogP contribution in [0.15, 0.2) is 36.4 Å². The Balaban J connectivity index is 2.11. The first-order valence-corrected chi connectivity index (χ1v) is 10.4. The molecule has 28 heavy (non-hydrogen) atoms. The van der Waals surface area contributed by atoms with E-state index in [1.54, 1.807) is 18.2 Å². The van der Waals surface area contributed by atoms with Crippen LogP contribution in [0.25, 0.3) is 0 Å². The third-order valence-electron chi connectivity index (χ3n) is 3.23. The van der Waals surface area contributed by atoms with E-state index in [0.29, 0.717) is 20.8 Å². The number of halogens is 7. The second kappa shape index (κ2) is 10.1. The predicted octanol–water partition coefficient (Wildman–Crippen LogP) is 6.71.